The van der Waals surface area contributed by atoms with Gasteiger partial charge < -0.3 is 0 Å². The van der Waals surface area contributed by atoms with Gasteiger partial charge in [-0.1, -0.05) is 41.6 Å². The number of rotatable bonds is 3. The van der Waals surface area contributed by atoms with Crippen molar-refractivity contribution in [2.24, 2.45) is 7.05 Å². The smallest absolute Gasteiger partial charge is 0.262 e. The van der Waals surface area contributed by atoms with Crippen LogP contribution >= 0.6 is 11.8 Å². The molecule has 116 valence electrons. The van der Waals surface area contributed by atoms with E-state index in [4.69, 9.17) is 4.98 Å². The predicted octanol–water partition coefficient (Wildman–Crippen LogP) is 3.54. The summed E-state index contributed by atoms with van der Waals surface area (Å²) in [6.07, 6.45) is 5.35. The number of hydrogen-bond acceptors (Lipinski definition) is 4. The summed E-state index contributed by atoms with van der Waals surface area (Å²) in [6, 6.07) is 11.7. The molecule has 0 aliphatic heterocycles. The molecule has 1 aromatic carbocycles. The molecular formula is C18H17N3OS. The highest BCUT2D eigenvalue weighted by atomic mass is 32.2. The summed E-state index contributed by atoms with van der Waals surface area (Å²) in [5.74, 6) is 0. The lowest BCUT2D eigenvalue weighted by atomic mass is 10.00. The zero-order chi connectivity index (χ0) is 16.4. The summed E-state index contributed by atoms with van der Waals surface area (Å²) in [5, 5.41) is 0.693. The monoisotopic (exact) mass is 323 g/mol. The van der Waals surface area contributed by atoms with Crippen LogP contribution < -0.4 is 5.56 Å². The Morgan fingerprint density at radius 1 is 1.09 bits per heavy atom. The summed E-state index contributed by atoms with van der Waals surface area (Å²) in [4.78, 5) is 21.7. The van der Waals surface area contributed by atoms with Gasteiger partial charge in [0.1, 0.15) is 0 Å². The number of pyridine rings is 1. The Morgan fingerprint density at radius 2 is 1.83 bits per heavy atom. The van der Waals surface area contributed by atoms with E-state index in [0.29, 0.717) is 16.4 Å². The first-order valence-electron chi connectivity index (χ1n) is 7.24. The minimum Gasteiger partial charge on any atom is -0.290 e. The number of aromatic nitrogens is 3. The molecule has 0 bridgehead atoms. The quantitative estimate of drug-likeness (QED) is 0.546. The summed E-state index contributed by atoms with van der Waals surface area (Å²) in [6.45, 7) is 2.02. The van der Waals surface area contributed by atoms with E-state index in [1.165, 1.54) is 11.8 Å². The molecule has 0 amide bonds. The van der Waals surface area contributed by atoms with Crippen molar-refractivity contribution < 1.29 is 0 Å². The Bertz CT molecular complexity index is 904. The van der Waals surface area contributed by atoms with Gasteiger partial charge in [0.15, 0.2) is 5.16 Å². The van der Waals surface area contributed by atoms with Crippen molar-refractivity contribution in [3.63, 3.8) is 0 Å². The molecule has 2 heterocycles. The van der Waals surface area contributed by atoms with Crippen LogP contribution in [-0.4, -0.2) is 20.8 Å². The van der Waals surface area contributed by atoms with E-state index in [0.717, 1.165) is 16.7 Å². The van der Waals surface area contributed by atoms with Gasteiger partial charge >= 0.3 is 0 Å². The van der Waals surface area contributed by atoms with Crippen LogP contribution in [0.2, 0.25) is 0 Å². The van der Waals surface area contributed by atoms with Crippen LogP contribution in [-0.2, 0) is 7.05 Å². The van der Waals surface area contributed by atoms with E-state index in [9.17, 15) is 4.79 Å². The van der Waals surface area contributed by atoms with Gasteiger partial charge in [0.2, 0.25) is 0 Å². The van der Waals surface area contributed by atoms with E-state index >= 15 is 0 Å². The van der Waals surface area contributed by atoms with Gasteiger partial charge in [-0.05, 0) is 30.9 Å². The molecule has 2 aromatic heterocycles. The van der Waals surface area contributed by atoms with Gasteiger partial charge in [-0.15, -0.1) is 0 Å². The van der Waals surface area contributed by atoms with Gasteiger partial charge in [-0.2, -0.15) is 0 Å². The average molecular weight is 323 g/mol. The second kappa shape index (κ2) is 6.38. The molecule has 3 aromatic rings. The lowest BCUT2D eigenvalue weighted by Gasteiger charge is -2.14. The fraction of sp³-hybridized carbons (Fsp3) is 0.167. The first-order chi connectivity index (χ1) is 11.1. The number of hydrogen-bond donors (Lipinski definition) is 0. The van der Waals surface area contributed by atoms with Crippen LogP contribution in [0, 0.1) is 6.92 Å². The van der Waals surface area contributed by atoms with Crippen molar-refractivity contribution in [3.05, 3.63) is 64.7 Å². The normalized spacial score (nSPS) is 10.7. The Balaban J connectivity index is 2.37. The van der Waals surface area contributed by atoms with Crippen molar-refractivity contribution >= 4 is 11.8 Å². The molecule has 0 unspecified atom stereocenters. The maximum atomic E-state index is 12.9. The Morgan fingerprint density at radius 3 is 2.48 bits per heavy atom. The number of benzene rings is 1. The van der Waals surface area contributed by atoms with E-state index < -0.39 is 0 Å². The topological polar surface area (TPSA) is 47.8 Å². The van der Waals surface area contributed by atoms with E-state index in [-0.39, 0.29) is 5.56 Å². The average Bonchev–Trinajstić information content (AvgIpc) is 2.58. The van der Waals surface area contributed by atoms with E-state index in [2.05, 4.69) is 4.98 Å². The van der Waals surface area contributed by atoms with Crippen LogP contribution in [0.4, 0.5) is 0 Å². The highest BCUT2D eigenvalue weighted by Crippen LogP contribution is 2.29. The fourth-order valence-corrected chi connectivity index (χ4v) is 3.08. The van der Waals surface area contributed by atoms with Crippen LogP contribution in [0.1, 0.15) is 5.56 Å². The molecule has 0 saturated carbocycles. The largest absolute Gasteiger partial charge is 0.290 e. The molecule has 0 aliphatic rings. The standard InChI is InChI=1S/C18H17N3OS/c1-12-5-4-6-14(11-12)15-16(13-7-9-19-10-8-13)20-18(23-3)21(2)17(15)22/h4-11H,1-3H3. The van der Waals surface area contributed by atoms with Crippen molar-refractivity contribution in [3.8, 4) is 22.4 Å². The van der Waals surface area contributed by atoms with Crippen LogP contribution in [0.5, 0.6) is 0 Å². The molecule has 23 heavy (non-hydrogen) atoms. The summed E-state index contributed by atoms with van der Waals surface area (Å²) in [5.41, 5.74) is 4.17. The molecule has 5 heteroatoms. The lowest BCUT2D eigenvalue weighted by molar-refractivity contribution is 0.715. The van der Waals surface area contributed by atoms with Gasteiger partial charge in [0.05, 0.1) is 11.3 Å². The SMILES string of the molecule is CSc1nc(-c2ccncc2)c(-c2cccc(C)c2)c(=O)n1C. The third-order valence-electron chi connectivity index (χ3n) is 3.69. The Kier molecular flexibility index (Phi) is 4.30. The number of thioether (sulfide) groups is 1. The van der Waals surface area contributed by atoms with Gasteiger partial charge in [-0.25, -0.2) is 4.98 Å². The second-order valence-electron chi connectivity index (χ2n) is 5.29. The number of nitrogens with zero attached hydrogens (tertiary/aromatic N) is 3. The highest BCUT2D eigenvalue weighted by molar-refractivity contribution is 7.98. The second-order valence-corrected chi connectivity index (χ2v) is 6.07. The van der Waals surface area contributed by atoms with E-state index in [1.807, 2.05) is 49.6 Å². The van der Waals surface area contributed by atoms with Crippen LogP contribution in [0.3, 0.4) is 0 Å². The molecule has 0 atom stereocenters. The first kappa shape index (κ1) is 15.5. The van der Waals surface area contributed by atoms with E-state index in [1.54, 1.807) is 24.0 Å². The highest BCUT2D eigenvalue weighted by Gasteiger charge is 2.17. The summed E-state index contributed by atoms with van der Waals surface area (Å²) >= 11 is 1.46. The maximum Gasteiger partial charge on any atom is 0.262 e. The van der Waals surface area contributed by atoms with Crippen LogP contribution in [0.15, 0.2) is 58.7 Å². The van der Waals surface area contributed by atoms with Crippen molar-refractivity contribution in [1.82, 2.24) is 14.5 Å². The molecule has 0 N–H and O–H groups in total. The molecule has 0 saturated heterocycles. The lowest BCUT2D eigenvalue weighted by Crippen LogP contribution is -2.22. The molecule has 0 spiro atoms. The predicted molar refractivity (Wildman–Crippen MR) is 94.7 cm³/mol. The molecule has 0 fully saturated rings. The maximum absolute atomic E-state index is 12.9. The van der Waals surface area contributed by atoms with Crippen molar-refractivity contribution in [1.29, 1.82) is 0 Å². The molecule has 3 rings (SSSR count). The third-order valence-corrected chi connectivity index (χ3v) is 4.42. The molecular weight excluding hydrogens is 306 g/mol. The first-order valence-corrected chi connectivity index (χ1v) is 8.46. The minimum absolute atomic E-state index is 0.0400. The Labute approximate surface area is 139 Å². The van der Waals surface area contributed by atoms with Crippen molar-refractivity contribution in [2.75, 3.05) is 6.26 Å². The van der Waals surface area contributed by atoms with Gasteiger partial charge in [-0.3, -0.25) is 14.3 Å². The molecule has 0 aliphatic carbocycles. The fourth-order valence-electron chi connectivity index (χ4n) is 2.54. The minimum atomic E-state index is -0.0400. The number of aryl methyl sites for hydroxylation is 1. The van der Waals surface area contributed by atoms with Gasteiger partial charge in [0, 0.05) is 25.0 Å². The van der Waals surface area contributed by atoms with Gasteiger partial charge in [0.25, 0.3) is 5.56 Å². The molecule has 4 nitrogen and oxygen atoms in total. The summed E-state index contributed by atoms with van der Waals surface area (Å²) in [7, 11) is 1.76. The van der Waals surface area contributed by atoms with Crippen molar-refractivity contribution in [2.45, 2.75) is 12.1 Å². The zero-order valence-corrected chi connectivity index (χ0v) is 14.1. The third kappa shape index (κ3) is 2.92. The summed E-state index contributed by atoms with van der Waals surface area (Å²) < 4.78 is 1.60. The Hall–Kier alpha value is -2.40. The molecule has 0 radical (unpaired) electrons. The zero-order valence-electron chi connectivity index (χ0n) is 13.3. The van der Waals surface area contributed by atoms with Crippen LogP contribution in [0.25, 0.3) is 22.4 Å².